The number of nitrogens with zero attached hydrogens (tertiary/aromatic N) is 3. The van der Waals surface area contributed by atoms with Crippen molar-refractivity contribution in [1.29, 1.82) is 0 Å². The molecule has 2 heterocycles. The molecule has 0 saturated heterocycles. The van der Waals surface area contributed by atoms with Gasteiger partial charge in [0.05, 0.1) is 24.4 Å². The smallest absolute Gasteiger partial charge is 0.404 e. The molecule has 1 aliphatic heterocycles. The lowest BCUT2D eigenvalue weighted by molar-refractivity contribution is -0.390. The van der Waals surface area contributed by atoms with Gasteiger partial charge >= 0.3 is 5.82 Å². The molecule has 0 bridgehead atoms. The molecule has 0 fully saturated rings. The van der Waals surface area contributed by atoms with Gasteiger partial charge in [0.15, 0.2) is 0 Å². The number of nitro groups is 1. The van der Waals surface area contributed by atoms with Gasteiger partial charge in [-0.2, -0.15) is 4.68 Å². The fraction of sp³-hybridized carbons (Fsp3) is 0.308. The minimum Gasteiger partial charge on any atom is -0.493 e. The standard InChI is InChI=1S/C13H12BrN3O3/c14-11-8-16(15-13(11)17(18)19)7-9-5-6-20-12-4-2-1-3-10(9)12/h1-4,8-9H,5-7H2. The van der Waals surface area contributed by atoms with Gasteiger partial charge in [-0.1, -0.05) is 18.2 Å². The zero-order chi connectivity index (χ0) is 14.1. The summed E-state index contributed by atoms with van der Waals surface area (Å²) in [5, 5.41) is 14.8. The van der Waals surface area contributed by atoms with Crippen molar-refractivity contribution in [3.63, 3.8) is 0 Å². The maximum Gasteiger partial charge on any atom is 0.404 e. The van der Waals surface area contributed by atoms with Crippen molar-refractivity contribution in [3.8, 4) is 5.75 Å². The van der Waals surface area contributed by atoms with Crippen LogP contribution in [0, 0.1) is 10.1 Å². The SMILES string of the molecule is O=[N+]([O-])c1nn(CC2CCOc3ccccc32)cc1Br. The molecule has 0 N–H and O–H groups in total. The van der Waals surface area contributed by atoms with Gasteiger partial charge in [-0.05, 0) is 38.9 Å². The van der Waals surface area contributed by atoms with E-state index in [1.54, 1.807) is 10.9 Å². The van der Waals surface area contributed by atoms with Gasteiger partial charge in [0.25, 0.3) is 0 Å². The first-order valence-electron chi connectivity index (χ1n) is 6.24. The van der Waals surface area contributed by atoms with E-state index in [-0.39, 0.29) is 11.7 Å². The number of halogens is 1. The number of rotatable bonds is 3. The summed E-state index contributed by atoms with van der Waals surface area (Å²) in [6.07, 6.45) is 2.53. The first-order chi connectivity index (χ1) is 9.65. The molecule has 1 unspecified atom stereocenters. The van der Waals surface area contributed by atoms with Gasteiger partial charge in [0.1, 0.15) is 10.2 Å². The topological polar surface area (TPSA) is 70.2 Å². The van der Waals surface area contributed by atoms with Crippen LogP contribution in [0.3, 0.4) is 0 Å². The van der Waals surface area contributed by atoms with E-state index < -0.39 is 4.92 Å². The van der Waals surface area contributed by atoms with Crippen LogP contribution in [0.4, 0.5) is 5.82 Å². The molecule has 20 heavy (non-hydrogen) atoms. The Balaban J connectivity index is 1.86. The lowest BCUT2D eigenvalue weighted by atomic mass is 9.93. The summed E-state index contributed by atoms with van der Waals surface area (Å²) in [6.45, 7) is 1.26. The average molecular weight is 338 g/mol. The van der Waals surface area contributed by atoms with Crippen molar-refractivity contribution in [2.24, 2.45) is 0 Å². The first kappa shape index (κ1) is 13.1. The lowest BCUT2D eigenvalue weighted by Gasteiger charge is -2.24. The molecule has 1 atom stereocenters. The van der Waals surface area contributed by atoms with Crippen LogP contribution < -0.4 is 4.74 Å². The van der Waals surface area contributed by atoms with E-state index >= 15 is 0 Å². The zero-order valence-corrected chi connectivity index (χ0v) is 12.1. The Kier molecular flexibility index (Phi) is 3.43. The first-order valence-corrected chi connectivity index (χ1v) is 7.03. The number of para-hydroxylation sites is 1. The lowest BCUT2D eigenvalue weighted by Crippen LogP contribution is -2.18. The van der Waals surface area contributed by atoms with Crippen LogP contribution in [0.25, 0.3) is 0 Å². The summed E-state index contributed by atoms with van der Waals surface area (Å²) in [4.78, 5) is 10.3. The largest absolute Gasteiger partial charge is 0.493 e. The Labute approximate surface area is 123 Å². The molecule has 0 saturated carbocycles. The normalized spacial score (nSPS) is 17.4. The molecule has 6 nitrogen and oxygen atoms in total. The van der Waals surface area contributed by atoms with Crippen molar-refractivity contribution >= 4 is 21.7 Å². The van der Waals surface area contributed by atoms with Crippen LogP contribution in [0.1, 0.15) is 17.9 Å². The predicted molar refractivity (Wildman–Crippen MR) is 75.9 cm³/mol. The second kappa shape index (κ2) is 5.24. The van der Waals surface area contributed by atoms with Gasteiger partial charge in [0, 0.05) is 5.92 Å². The molecule has 0 aliphatic carbocycles. The van der Waals surface area contributed by atoms with Crippen molar-refractivity contribution in [2.45, 2.75) is 18.9 Å². The highest BCUT2D eigenvalue weighted by atomic mass is 79.9. The van der Waals surface area contributed by atoms with Crippen LogP contribution in [0.15, 0.2) is 34.9 Å². The maximum atomic E-state index is 10.8. The van der Waals surface area contributed by atoms with Crippen molar-refractivity contribution in [2.75, 3.05) is 6.61 Å². The number of hydrogen-bond acceptors (Lipinski definition) is 4. The van der Waals surface area contributed by atoms with Crippen LogP contribution in [0.5, 0.6) is 5.75 Å². The van der Waals surface area contributed by atoms with Crippen molar-refractivity contribution < 1.29 is 9.66 Å². The summed E-state index contributed by atoms with van der Waals surface area (Å²) >= 11 is 3.16. The van der Waals surface area contributed by atoms with E-state index in [1.807, 2.05) is 24.3 Å². The van der Waals surface area contributed by atoms with Gasteiger partial charge in [-0.3, -0.25) is 0 Å². The van der Waals surface area contributed by atoms with Gasteiger partial charge in [-0.25, -0.2) is 0 Å². The maximum absolute atomic E-state index is 10.8. The molecule has 0 amide bonds. The molecule has 1 aromatic heterocycles. The van der Waals surface area contributed by atoms with Gasteiger partial charge in [0.2, 0.25) is 0 Å². The van der Waals surface area contributed by atoms with E-state index in [1.165, 1.54) is 0 Å². The zero-order valence-electron chi connectivity index (χ0n) is 10.5. The molecule has 3 rings (SSSR count). The van der Waals surface area contributed by atoms with Crippen molar-refractivity contribution in [3.05, 3.63) is 50.6 Å². The number of ether oxygens (including phenoxy) is 1. The molecule has 0 radical (unpaired) electrons. The molecule has 7 heteroatoms. The third-order valence-electron chi connectivity index (χ3n) is 3.36. The summed E-state index contributed by atoms with van der Waals surface area (Å²) in [5.74, 6) is 1.00. The van der Waals surface area contributed by atoms with E-state index in [9.17, 15) is 10.1 Å². The van der Waals surface area contributed by atoms with Gasteiger partial charge in [-0.15, -0.1) is 0 Å². The van der Waals surface area contributed by atoms with Crippen LogP contribution in [-0.2, 0) is 6.54 Å². The number of aromatic nitrogens is 2. The fourth-order valence-electron chi connectivity index (χ4n) is 2.44. The van der Waals surface area contributed by atoms with E-state index in [2.05, 4.69) is 21.0 Å². The summed E-state index contributed by atoms with van der Waals surface area (Å²) < 4.78 is 7.64. The molecular weight excluding hydrogens is 326 g/mol. The minimum atomic E-state index is -0.488. The van der Waals surface area contributed by atoms with Gasteiger partial charge < -0.3 is 14.9 Å². The highest BCUT2D eigenvalue weighted by molar-refractivity contribution is 9.10. The molecule has 1 aliphatic rings. The van der Waals surface area contributed by atoms with Crippen LogP contribution in [-0.4, -0.2) is 21.3 Å². The monoisotopic (exact) mass is 337 g/mol. The molecule has 104 valence electrons. The Morgan fingerprint density at radius 2 is 2.30 bits per heavy atom. The minimum absolute atomic E-state index is 0.148. The Morgan fingerprint density at radius 3 is 3.05 bits per heavy atom. The molecule has 0 spiro atoms. The van der Waals surface area contributed by atoms with Crippen LogP contribution in [0.2, 0.25) is 0 Å². The summed E-state index contributed by atoms with van der Waals surface area (Å²) in [7, 11) is 0. The second-order valence-corrected chi connectivity index (χ2v) is 5.51. The highest BCUT2D eigenvalue weighted by Gasteiger charge is 2.25. The summed E-state index contributed by atoms with van der Waals surface area (Å²) in [5.41, 5.74) is 1.13. The fourth-order valence-corrected chi connectivity index (χ4v) is 2.90. The van der Waals surface area contributed by atoms with Crippen LogP contribution >= 0.6 is 15.9 Å². The quantitative estimate of drug-likeness (QED) is 0.637. The number of benzene rings is 1. The van der Waals surface area contributed by atoms with E-state index in [0.717, 1.165) is 17.7 Å². The van der Waals surface area contributed by atoms with E-state index in [4.69, 9.17) is 4.74 Å². The Hall–Kier alpha value is -1.89. The summed E-state index contributed by atoms with van der Waals surface area (Å²) in [6, 6.07) is 7.90. The molecule has 2 aromatic rings. The second-order valence-electron chi connectivity index (χ2n) is 4.65. The Morgan fingerprint density at radius 1 is 1.50 bits per heavy atom. The predicted octanol–water partition coefficient (Wildman–Crippen LogP) is 3.12. The van der Waals surface area contributed by atoms with E-state index in [0.29, 0.717) is 17.6 Å². The molecule has 1 aromatic carbocycles. The number of hydrogen-bond donors (Lipinski definition) is 0. The third-order valence-corrected chi connectivity index (χ3v) is 3.92. The molecular formula is C13H12BrN3O3. The number of fused-ring (bicyclic) bond motifs is 1. The third kappa shape index (κ3) is 2.40. The van der Waals surface area contributed by atoms with Crippen molar-refractivity contribution in [1.82, 2.24) is 9.78 Å². The Bertz CT molecular complexity index is 656. The average Bonchev–Trinajstić information content (AvgIpc) is 2.80. The highest BCUT2D eigenvalue weighted by Crippen LogP contribution is 2.34.